The minimum absolute atomic E-state index is 0.0435. The molecule has 2 fully saturated rings. The number of carbonyl (C=O) groups is 1. The maximum Gasteiger partial charge on any atom is 0.166 e. The lowest BCUT2D eigenvalue weighted by molar-refractivity contribution is 0.0905. The van der Waals surface area contributed by atoms with Crippen molar-refractivity contribution in [3.8, 4) is 5.75 Å². The summed E-state index contributed by atoms with van der Waals surface area (Å²) in [6.07, 6.45) is 2.34. The highest BCUT2D eigenvalue weighted by Gasteiger charge is 2.48. The van der Waals surface area contributed by atoms with Gasteiger partial charge >= 0.3 is 0 Å². The first kappa shape index (κ1) is 17.3. The van der Waals surface area contributed by atoms with E-state index in [0.29, 0.717) is 43.6 Å². The zero-order chi connectivity index (χ0) is 18.1. The third-order valence-corrected chi connectivity index (χ3v) is 8.29. The van der Waals surface area contributed by atoms with E-state index in [-0.39, 0.29) is 22.2 Å². The number of carbonyl (C=O) groups excluding carboxylic acids is 1. The first-order valence-electron chi connectivity index (χ1n) is 9.08. The van der Waals surface area contributed by atoms with Gasteiger partial charge in [0.05, 0.1) is 10.5 Å². The molecule has 0 amide bonds. The van der Waals surface area contributed by atoms with Gasteiger partial charge < -0.3 is 4.74 Å². The highest BCUT2D eigenvalue weighted by molar-refractivity contribution is 7.93. The van der Waals surface area contributed by atoms with Gasteiger partial charge in [0.25, 0.3) is 0 Å². The van der Waals surface area contributed by atoms with E-state index in [9.17, 15) is 13.2 Å². The average molecular weight is 370 g/mol. The van der Waals surface area contributed by atoms with Crippen molar-refractivity contribution in [2.75, 3.05) is 0 Å². The van der Waals surface area contributed by atoms with Gasteiger partial charge in [-0.3, -0.25) is 4.79 Å². The fraction of sp³-hybridized carbons (Fsp3) is 0.381. The summed E-state index contributed by atoms with van der Waals surface area (Å²) in [7, 11) is -3.00. The third-order valence-electron chi connectivity index (χ3n) is 5.57. The second-order valence-electron chi connectivity index (χ2n) is 7.25. The number of sulfone groups is 1. The molecular weight excluding hydrogens is 348 g/mol. The van der Waals surface area contributed by atoms with Crippen LogP contribution in [-0.2, 0) is 16.4 Å². The van der Waals surface area contributed by atoms with Crippen LogP contribution in [0.25, 0.3) is 0 Å². The molecule has 2 saturated heterocycles. The fourth-order valence-electron chi connectivity index (χ4n) is 4.14. The van der Waals surface area contributed by atoms with Gasteiger partial charge in [-0.1, -0.05) is 42.5 Å². The molecule has 2 aromatic rings. The van der Waals surface area contributed by atoms with Crippen LogP contribution in [0.1, 0.15) is 41.6 Å². The van der Waals surface area contributed by atoms with E-state index in [1.54, 1.807) is 12.1 Å². The Bertz CT molecular complexity index is 885. The molecule has 0 radical (unpaired) electrons. The Morgan fingerprint density at radius 3 is 2.35 bits per heavy atom. The quantitative estimate of drug-likeness (QED) is 0.751. The van der Waals surface area contributed by atoms with E-state index in [1.807, 2.05) is 42.5 Å². The molecule has 4 rings (SSSR count). The lowest BCUT2D eigenvalue weighted by atomic mass is 9.90. The van der Waals surface area contributed by atoms with Gasteiger partial charge in [0.2, 0.25) is 0 Å². The minimum Gasteiger partial charge on any atom is -0.489 e. The number of benzene rings is 2. The first-order valence-corrected chi connectivity index (χ1v) is 10.7. The van der Waals surface area contributed by atoms with Crippen LogP contribution in [0.2, 0.25) is 0 Å². The summed E-state index contributed by atoms with van der Waals surface area (Å²) in [6.45, 7) is 0.449. The van der Waals surface area contributed by atoms with Crippen molar-refractivity contribution in [1.82, 2.24) is 0 Å². The number of hydrogen-bond donors (Lipinski definition) is 0. The summed E-state index contributed by atoms with van der Waals surface area (Å²) in [5.74, 6) is 0.508. The van der Waals surface area contributed by atoms with Crippen LogP contribution in [-0.4, -0.2) is 24.7 Å². The molecule has 5 heteroatoms. The van der Waals surface area contributed by atoms with Crippen LogP contribution >= 0.6 is 0 Å². The monoisotopic (exact) mass is 370 g/mol. The molecule has 136 valence electrons. The van der Waals surface area contributed by atoms with Crippen molar-refractivity contribution in [2.24, 2.45) is 5.92 Å². The van der Waals surface area contributed by atoms with Crippen molar-refractivity contribution < 1.29 is 17.9 Å². The maximum atomic E-state index is 12.9. The minimum atomic E-state index is -3.00. The molecule has 2 aromatic carbocycles. The third kappa shape index (κ3) is 3.28. The zero-order valence-electron chi connectivity index (χ0n) is 14.5. The van der Waals surface area contributed by atoms with Gasteiger partial charge in [-0.25, -0.2) is 8.42 Å². The number of fused-ring (bicyclic) bond motifs is 2. The fourth-order valence-corrected chi connectivity index (χ4v) is 6.61. The molecule has 0 aliphatic carbocycles. The molecule has 0 aromatic heterocycles. The SMILES string of the molecule is O=C(c1cccc(OCc2ccccc2)c1)C1CC2CCC(C1)S2(=O)=O. The molecule has 26 heavy (non-hydrogen) atoms. The standard InChI is InChI=1S/C21H22O4S/c22-21(17-12-19-9-10-20(13-17)26(19,23)24)16-7-4-8-18(11-16)25-14-15-5-2-1-3-6-15/h1-8,11,17,19-20H,9-10,12-14H2. The number of ketones is 1. The zero-order valence-corrected chi connectivity index (χ0v) is 15.3. The number of hydrogen-bond acceptors (Lipinski definition) is 4. The van der Waals surface area contributed by atoms with Gasteiger partial charge in [0.1, 0.15) is 12.4 Å². The van der Waals surface area contributed by atoms with E-state index in [4.69, 9.17) is 4.74 Å². The Morgan fingerprint density at radius 1 is 0.962 bits per heavy atom. The molecule has 2 bridgehead atoms. The number of rotatable bonds is 5. The van der Waals surface area contributed by atoms with Gasteiger partial charge in [0.15, 0.2) is 15.6 Å². The van der Waals surface area contributed by atoms with E-state index >= 15 is 0 Å². The summed E-state index contributed by atoms with van der Waals surface area (Å²) in [5, 5.41) is -0.652. The van der Waals surface area contributed by atoms with E-state index in [1.165, 1.54) is 0 Å². The summed E-state index contributed by atoms with van der Waals surface area (Å²) in [5.41, 5.74) is 1.68. The van der Waals surface area contributed by atoms with Crippen LogP contribution in [0.4, 0.5) is 0 Å². The summed E-state index contributed by atoms with van der Waals surface area (Å²) < 4.78 is 30.3. The van der Waals surface area contributed by atoms with Crippen LogP contribution in [0, 0.1) is 5.92 Å². The molecule has 0 spiro atoms. The Labute approximate surface area is 154 Å². The Balaban J connectivity index is 1.46. The number of ether oxygens (including phenoxy) is 1. The highest BCUT2D eigenvalue weighted by Crippen LogP contribution is 2.42. The van der Waals surface area contributed by atoms with Gasteiger partial charge in [-0.2, -0.15) is 0 Å². The summed E-state index contributed by atoms with van der Waals surface area (Å²) in [4.78, 5) is 12.9. The summed E-state index contributed by atoms with van der Waals surface area (Å²) >= 11 is 0. The maximum absolute atomic E-state index is 12.9. The molecular formula is C21H22O4S. The van der Waals surface area contributed by atoms with Crippen LogP contribution in [0.3, 0.4) is 0 Å². The second kappa shape index (κ2) is 6.88. The Kier molecular flexibility index (Phi) is 4.57. The van der Waals surface area contributed by atoms with Gasteiger partial charge in [-0.15, -0.1) is 0 Å². The second-order valence-corrected chi connectivity index (χ2v) is 9.76. The van der Waals surface area contributed by atoms with Gasteiger partial charge in [-0.05, 0) is 43.4 Å². The van der Waals surface area contributed by atoms with Crippen molar-refractivity contribution in [2.45, 2.75) is 42.8 Å². The highest BCUT2D eigenvalue weighted by atomic mass is 32.2. The van der Waals surface area contributed by atoms with Crippen molar-refractivity contribution >= 4 is 15.6 Å². The van der Waals surface area contributed by atoms with Crippen molar-refractivity contribution in [3.63, 3.8) is 0 Å². The molecule has 0 saturated carbocycles. The van der Waals surface area contributed by atoms with Crippen molar-refractivity contribution in [1.29, 1.82) is 0 Å². The largest absolute Gasteiger partial charge is 0.489 e. The average Bonchev–Trinajstić information content (AvgIpc) is 2.84. The lowest BCUT2D eigenvalue weighted by Crippen LogP contribution is -2.36. The van der Waals surface area contributed by atoms with E-state index in [0.717, 1.165) is 5.56 Å². The molecule has 2 heterocycles. The van der Waals surface area contributed by atoms with Crippen LogP contribution < -0.4 is 4.74 Å². The van der Waals surface area contributed by atoms with Gasteiger partial charge in [0, 0.05) is 11.5 Å². The van der Waals surface area contributed by atoms with E-state index < -0.39 is 9.84 Å². The number of Topliss-reactive ketones (excluding diaryl/α,β-unsaturated/α-hetero) is 1. The first-order chi connectivity index (χ1) is 12.5. The Hall–Kier alpha value is -2.14. The van der Waals surface area contributed by atoms with Crippen molar-refractivity contribution in [3.05, 3.63) is 65.7 Å². The van der Waals surface area contributed by atoms with E-state index in [2.05, 4.69) is 0 Å². The molecule has 2 aliphatic rings. The molecule has 2 unspecified atom stereocenters. The molecule has 2 atom stereocenters. The normalized spacial score (nSPS) is 26.4. The van der Waals surface area contributed by atoms with Crippen LogP contribution in [0.15, 0.2) is 54.6 Å². The molecule has 0 N–H and O–H groups in total. The Morgan fingerprint density at radius 2 is 1.65 bits per heavy atom. The van der Waals surface area contributed by atoms with Crippen LogP contribution in [0.5, 0.6) is 5.75 Å². The predicted molar refractivity (Wildman–Crippen MR) is 100 cm³/mol. The predicted octanol–water partition coefficient (Wildman–Crippen LogP) is 3.80. The molecule has 2 aliphatic heterocycles. The lowest BCUT2D eigenvalue weighted by Gasteiger charge is -2.27. The summed E-state index contributed by atoms with van der Waals surface area (Å²) in [6, 6.07) is 17.1. The smallest absolute Gasteiger partial charge is 0.166 e. The molecule has 4 nitrogen and oxygen atoms in total. The topological polar surface area (TPSA) is 60.4 Å².